The molecule has 1 fully saturated rings. The van der Waals surface area contributed by atoms with Gasteiger partial charge in [-0.3, -0.25) is 4.79 Å². The van der Waals surface area contributed by atoms with Gasteiger partial charge in [0.05, 0.1) is 5.69 Å². The Morgan fingerprint density at radius 3 is 2.50 bits per heavy atom. The summed E-state index contributed by atoms with van der Waals surface area (Å²) in [4.78, 5) is 16.1. The highest BCUT2D eigenvalue weighted by atomic mass is 19.2. The minimum Gasteiger partial charge on any atom is -0.357 e. The minimum absolute atomic E-state index is 0.267. The van der Waals surface area contributed by atoms with E-state index in [1.54, 1.807) is 0 Å². The molecule has 26 heavy (non-hydrogen) atoms. The van der Waals surface area contributed by atoms with Crippen molar-refractivity contribution in [2.75, 3.05) is 18.4 Å². The number of benzene rings is 1. The number of carbonyl (C=O) groups is 1. The van der Waals surface area contributed by atoms with Crippen molar-refractivity contribution in [3.05, 3.63) is 29.6 Å². The van der Waals surface area contributed by atoms with Crippen molar-refractivity contribution in [3.8, 4) is 0 Å². The van der Waals surface area contributed by atoms with E-state index in [0.29, 0.717) is 18.5 Å². The van der Waals surface area contributed by atoms with Gasteiger partial charge in [-0.25, -0.2) is 18.2 Å². The van der Waals surface area contributed by atoms with E-state index in [9.17, 15) is 18.0 Å². The van der Waals surface area contributed by atoms with Crippen LogP contribution in [-0.2, 0) is 4.79 Å². The third-order valence-corrected chi connectivity index (χ3v) is 4.39. The Morgan fingerprint density at radius 1 is 1.15 bits per heavy atom. The second kappa shape index (κ2) is 9.45. The quantitative estimate of drug-likeness (QED) is 0.424. The number of guanidine groups is 1. The normalized spacial score (nSPS) is 20.6. The van der Waals surface area contributed by atoms with Gasteiger partial charge in [0.15, 0.2) is 23.4 Å². The Hall–Kier alpha value is -2.25. The van der Waals surface area contributed by atoms with Gasteiger partial charge in [0.1, 0.15) is 6.54 Å². The SMILES string of the molecule is CCNC(=NCC(=O)Nc1ccc(F)c(F)c1F)NC1CCC(C)CC1. The molecule has 3 N–H and O–H groups in total. The third-order valence-electron chi connectivity index (χ3n) is 4.39. The molecule has 0 saturated heterocycles. The van der Waals surface area contributed by atoms with Gasteiger partial charge in [0.2, 0.25) is 5.91 Å². The highest BCUT2D eigenvalue weighted by Gasteiger charge is 2.19. The van der Waals surface area contributed by atoms with E-state index >= 15 is 0 Å². The zero-order chi connectivity index (χ0) is 19.1. The van der Waals surface area contributed by atoms with Crippen molar-refractivity contribution in [1.82, 2.24) is 10.6 Å². The molecule has 1 aliphatic carbocycles. The molecule has 0 radical (unpaired) electrons. The third kappa shape index (κ3) is 5.64. The molecule has 0 aromatic heterocycles. The van der Waals surface area contributed by atoms with E-state index in [1.807, 2.05) is 6.92 Å². The van der Waals surface area contributed by atoms with Crippen LogP contribution in [0.5, 0.6) is 0 Å². The van der Waals surface area contributed by atoms with Crippen LogP contribution in [0.2, 0.25) is 0 Å². The van der Waals surface area contributed by atoms with E-state index in [0.717, 1.165) is 43.7 Å². The van der Waals surface area contributed by atoms with Gasteiger partial charge >= 0.3 is 0 Å². The lowest BCUT2D eigenvalue weighted by Gasteiger charge is -2.28. The van der Waals surface area contributed by atoms with Crippen LogP contribution in [-0.4, -0.2) is 31.0 Å². The van der Waals surface area contributed by atoms with E-state index in [4.69, 9.17) is 0 Å². The molecular weight excluding hydrogens is 345 g/mol. The number of hydrogen-bond donors (Lipinski definition) is 3. The molecule has 1 amide bonds. The average molecular weight is 370 g/mol. The second-order valence-corrected chi connectivity index (χ2v) is 6.57. The highest BCUT2D eigenvalue weighted by Crippen LogP contribution is 2.23. The largest absolute Gasteiger partial charge is 0.357 e. The summed E-state index contributed by atoms with van der Waals surface area (Å²) in [6, 6.07) is 2.03. The molecule has 0 unspecified atom stereocenters. The summed E-state index contributed by atoms with van der Waals surface area (Å²) in [5.74, 6) is -3.74. The molecule has 1 aliphatic rings. The summed E-state index contributed by atoms with van der Waals surface area (Å²) in [6.45, 7) is 4.51. The molecule has 0 bridgehead atoms. The number of anilines is 1. The van der Waals surface area contributed by atoms with Gasteiger partial charge in [0.25, 0.3) is 0 Å². The molecular formula is C18H25F3N4O. The van der Waals surface area contributed by atoms with Crippen molar-refractivity contribution in [2.45, 2.75) is 45.6 Å². The first-order valence-electron chi connectivity index (χ1n) is 8.88. The number of hydrogen-bond acceptors (Lipinski definition) is 2. The fraction of sp³-hybridized carbons (Fsp3) is 0.556. The average Bonchev–Trinajstić information content (AvgIpc) is 2.62. The summed E-state index contributed by atoms with van der Waals surface area (Å²) in [5, 5.41) is 8.57. The predicted molar refractivity (Wildman–Crippen MR) is 95.5 cm³/mol. The Balaban J connectivity index is 1.93. The van der Waals surface area contributed by atoms with E-state index < -0.39 is 29.0 Å². The fourth-order valence-electron chi connectivity index (χ4n) is 2.88. The van der Waals surface area contributed by atoms with Crippen molar-refractivity contribution in [1.29, 1.82) is 0 Å². The van der Waals surface area contributed by atoms with Gasteiger partial charge in [-0.15, -0.1) is 0 Å². The number of rotatable bonds is 5. The van der Waals surface area contributed by atoms with Crippen LogP contribution >= 0.6 is 0 Å². The molecule has 0 spiro atoms. The standard InChI is InChI=1S/C18H25F3N4O/c1-3-22-18(24-12-6-4-11(2)5-7-12)23-10-15(26)25-14-9-8-13(19)16(20)17(14)21/h8-9,11-12H,3-7,10H2,1-2H3,(H,25,26)(H2,22,23,24). The monoisotopic (exact) mass is 370 g/mol. The number of nitrogens with zero attached hydrogens (tertiary/aromatic N) is 1. The lowest BCUT2D eigenvalue weighted by atomic mass is 9.87. The first kappa shape index (κ1) is 20.1. The number of halogens is 3. The Morgan fingerprint density at radius 2 is 1.85 bits per heavy atom. The van der Waals surface area contributed by atoms with Crippen LogP contribution in [0.25, 0.3) is 0 Å². The molecule has 0 heterocycles. The summed E-state index contributed by atoms with van der Waals surface area (Å²) >= 11 is 0. The van der Waals surface area contributed by atoms with Crippen LogP contribution < -0.4 is 16.0 Å². The molecule has 0 atom stereocenters. The number of nitrogens with one attached hydrogen (secondary N) is 3. The lowest BCUT2D eigenvalue weighted by molar-refractivity contribution is -0.114. The summed E-state index contributed by atoms with van der Waals surface area (Å²) < 4.78 is 39.7. The Labute approximate surface area is 151 Å². The minimum atomic E-state index is -1.62. The summed E-state index contributed by atoms with van der Waals surface area (Å²) in [7, 11) is 0. The van der Waals surface area contributed by atoms with Gasteiger partial charge in [-0.2, -0.15) is 0 Å². The highest BCUT2D eigenvalue weighted by molar-refractivity contribution is 5.94. The van der Waals surface area contributed by atoms with Crippen molar-refractivity contribution in [2.24, 2.45) is 10.9 Å². The molecule has 1 saturated carbocycles. The van der Waals surface area contributed by atoms with Gasteiger partial charge in [0, 0.05) is 12.6 Å². The summed E-state index contributed by atoms with van der Waals surface area (Å²) in [5.41, 5.74) is -0.414. The Kier molecular flexibility index (Phi) is 7.29. The van der Waals surface area contributed by atoms with Crippen LogP contribution in [0.4, 0.5) is 18.9 Å². The van der Waals surface area contributed by atoms with Crippen LogP contribution in [0.1, 0.15) is 39.5 Å². The first-order chi connectivity index (χ1) is 12.4. The van der Waals surface area contributed by atoms with Crippen molar-refractivity contribution >= 4 is 17.6 Å². The number of carbonyl (C=O) groups excluding carboxylic acids is 1. The van der Waals surface area contributed by atoms with E-state index in [1.165, 1.54) is 0 Å². The predicted octanol–water partition coefficient (Wildman–Crippen LogP) is 3.18. The van der Waals surface area contributed by atoms with Crippen LogP contribution in [0.15, 0.2) is 17.1 Å². The topological polar surface area (TPSA) is 65.5 Å². The van der Waals surface area contributed by atoms with Gasteiger partial charge < -0.3 is 16.0 Å². The molecule has 1 aromatic carbocycles. The number of aliphatic imine (C=N–C) groups is 1. The smallest absolute Gasteiger partial charge is 0.246 e. The maximum atomic E-state index is 13.6. The fourth-order valence-corrected chi connectivity index (χ4v) is 2.88. The van der Waals surface area contributed by atoms with Crippen LogP contribution in [0.3, 0.4) is 0 Å². The maximum absolute atomic E-state index is 13.6. The molecule has 8 heteroatoms. The van der Waals surface area contributed by atoms with Crippen molar-refractivity contribution in [3.63, 3.8) is 0 Å². The van der Waals surface area contributed by atoms with Gasteiger partial charge in [-0.05, 0) is 50.7 Å². The lowest BCUT2D eigenvalue weighted by Crippen LogP contribution is -2.45. The van der Waals surface area contributed by atoms with Gasteiger partial charge in [-0.1, -0.05) is 6.92 Å². The molecule has 144 valence electrons. The van der Waals surface area contributed by atoms with E-state index in [2.05, 4.69) is 27.9 Å². The second-order valence-electron chi connectivity index (χ2n) is 6.57. The Bertz CT molecular complexity index is 658. The van der Waals surface area contributed by atoms with Crippen molar-refractivity contribution < 1.29 is 18.0 Å². The summed E-state index contributed by atoms with van der Waals surface area (Å²) in [6.07, 6.45) is 4.37. The molecule has 0 aliphatic heterocycles. The molecule has 1 aromatic rings. The maximum Gasteiger partial charge on any atom is 0.246 e. The zero-order valence-electron chi connectivity index (χ0n) is 15.0. The zero-order valence-corrected chi connectivity index (χ0v) is 15.0. The van der Waals surface area contributed by atoms with Crippen LogP contribution in [0, 0.1) is 23.4 Å². The first-order valence-corrected chi connectivity index (χ1v) is 8.88. The number of amides is 1. The molecule has 5 nitrogen and oxygen atoms in total. The van der Waals surface area contributed by atoms with E-state index in [-0.39, 0.29) is 6.54 Å². The molecule has 2 rings (SSSR count).